The average molecular weight is 255 g/mol. The molecule has 0 aliphatic carbocycles. The van der Waals surface area contributed by atoms with Crippen molar-refractivity contribution in [3.05, 3.63) is 0 Å². The number of nitrogens with two attached hydrogens (primary N) is 1. The van der Waals surface area contributed by atoms with E-state index in [9.17, 15) is 4.79 Å². The van der Waals surface area contributed by atoms with E-state index in [4.69, 9.17) is 5.73 Å². The zero-order valence-corrected chi connectivity index (χ0v) is 12.0. The highest BCUT2D eigenvalue weighted by molar-refractivity contribution is 5.75. The van der Waals surface area contributed by atoms with E-state index >= 15 is 0 Å². The number of carbonyl (C=O) groups is 1. The first-order chi connectivity index (χ1) is 8.65. The van der Waals surface area contributed by atoms with Gasteiger partial charge in [-0.2, -0.15) is 0 Å². The van der Waals surface area contributed by atoms with Crippen molar-refractivity contribution in [2.75, 3.05) is 32.7 Å². The van der Waals surface area contributed by atoms with Gasteiger partial charge in [0.15, 0.2) is 0 Å². The van der Waals surface area contributed by atoms with Gasteiger partial charge in [0.25, 0.3) is 0 Å². The molecule has 0 spiro atoms. The number of likely N-dealkylation sites (tertiary alicyclic amines) is 1. The smallest absolute Gasteiger partial charge is 0.220 e. The van der Waals surface area contributed by atoms with E-state index in [0.29, 0.717) is 18.3 Å². The molecule has 18 heavy (non-hydrogen) atoms. The van der Waals surface area contributed by atoms with Gasteiger partial charge in [0.05, 0.1) is 0 Å². The summed E-state index contributed by atoms with van der Waals surface area (Å²) in [5.41, 5.74) is 5.50. The molecule has 106 valence electrons. The molecule has 1 aliphatic heterocycles. The lowest BCUT2D eigenvalue weighted by molar-refractivity contribution is -0.121. The fourth-order valence-electron chi connectivity index (χ4n) is 2.52. The van der Waals surface area contributed by atoms with Crippen molar-refractivity contribution >= 4 is 5.91 Å². The number of nitrogens with one attached hydrogen (secondary N) is 1. The van der Waals surface area contributed by atoms with E-state index in [-0.39, 0.29) is 5.91 Å². The highest BCUT2D eigenvalue weighted by Crippen LogP contribution is 2.14. The Bertz CT molecular complexity index is 245. The van der Waals surface area contributed by atoms with Crippen LogP contribution in [0.15, 0.2) is 0 Å². The molecule has 0 aromatic rings. The first-order valence-electron chi connectivity index (χ1n) is 7.34. The topological polar surface area (TPSA) is 58.4 Å². The fraction of sp³-hybridized carbons (Fsp3) is 0.929. The molecule has 2 unspecified atom stereocenters. The van der Waals surface area contributed by atoms with Crippen molar-refractivity contribution in [1.29, 1.82) is 0 Å². The molecule has 1 amide bonds. The molecule has 0 radical (unpaired) electrons. The number of rotatable bonds is 8. The van der Waals surface area contributed by atoms with Gasteiger partial charge < -0.3 is 16.0 Å². The van der Waals surface area contributed by atoms with Crippen LogP contribution in [0.5, 0.6) is 0 Å². The molecule has 1 heterocycles. The van der Waals surface area contributed by atoms with Crippen molar-refractivity contribution in [3.63, 3.8) is 0 Å². The van der Waals surface area contributed by atoms with Gasteiger partial charge in [-0.1, -0.05) is 13.8 Å². The Morgan fingerprint density at radius 3 is 2.89 bits per heavy atom. The number of hydrogen-bond donors (Lipinski definition) is 2. The van der Waals surface area contributed by atoms with Crippen LogP contribution in [0.25, 0.3) is 0 Å². The molecule has 1 rings (SSSR count). The molecule has 0 bridgehead atoms. The zero-order chi connectivity index (χ0) is 13.4. The van der Waals surface area contributed by atoms with Crippen LogP contribution in [0.2, 0.25) is 0 Å². The number of nitrogens with zero attached hydrogens (tertiary/aromatic N) is 1. The predicted molar refractivity (Wildman–Crippen MR) is 75.3 cm³/mol. The van der Waals surface area contributed by atoms with Gasteiger partial charge >= 0.3 is 0 Å². The molecular weight excluding hydrogens is 226 g/mol. The van der Waals surface area contributed by atoms with Crippen molar-refractivity contribution in [3.8, 4) is 0 Å². The van der Waals surface area contributed by atoms with Crippen LogP contribution in [0.1, 0.15) is 39.5 Å². The van der Waals surface area contributed by atoms with E-state index in [0.717, 1.165) is 39.0 Å². The van der Waals surface area contributed by atoms with Gasteiger partial charge in [0, 0.05) is 19.5 Å². The van der Waals surface area contributed by atoms with Crippen molar-refractivity contribution < 1.29 is 4.79 Å². The summed E-state index contributed by atoms with van der Waals surface area (Å²) in [5, 5.41) is 3.07. The van der Waals surface area contributed by atoms with E-state index in [1.165, 1.54) is 13.0 Å². The Hall–Kier alpha value is -0.610. The molecule has 1 fully saturated rings. The van der Waals surface area contributed by atoms with Gasteiger partial charge in [-0.3, -0.25) is 4.79 Å². The largest absolute Gasteiger partial charge is 0.356 e. The summed E-state index contributed by atoms with van der Waals surface area (Å²) in [5.74, 6) is 1.41. The Labute approximate surface area is 111 Å². The summed E-state index contributed by atoms with van der Waals surface area (Å²) in [7, 11) is 0. The van der Waals surface area contributed by atoms with Gasteiger partial charge in [-0.15, -0.1) is 0 Å². The quantitative estimate of drug-likeness (QED) is 0.685. The lowest BCUT2D eigenvalue weighted by Gasteiger charge is -2.14. The molecule has 4 heteroatoms. The molecule has 2 atom stereocenters. The third kappa shape index (κ3) is 5.83. The van der Waals surface area contributed by atoms with Crippen molar-refractivity contribution in [1.82, 2.24) is 10.2 Å². The van der Waals surface area contributed by atoms with E-state index < -0.39 is 0 Å². The first kappa shape index (κ1) is 15.4. The summed E-state index contributed by atoms with van der Waals surface area (Å²) in [4.78, 5) is 14.1. The van der Waals surface area contributed by atoms with Crippen LogP contribution >= 0.6 is 0 Å². The van der Waals surface area contributed by atoms with Crippen molar-refractivity contribution in [2.45, 2.75) is 39.5 Å². The monoisotopic (exact) mass is 255 g/mol. The van der Waals surface area contributed by atoms with Crippen LogP contribution in [0.3, 0.4) is 0 Å². The maximum Gasteiger partial charge on any atom is 0.220 e. The average Bonchev–Trinajstić information content (AvgIpc) is 2.82. The minimum Gasteiger partial charge on any atom is -0.356 e. The zero-order valence-electron chi connectivity index (χ0n) is 12.0. The number of hydrogen-bond acceptors (Lipinski definition) is 3. The Kier molecular flexibility index (Phi) is 7.28. The predicted octanol–water partition coefficient (Wildman–Crippen LogP) is 1.21. The molecule has 0 saturated carbocycles. The lowest BCUT2D eigenvalue weighted by atomic mass is 10.0. The molecule has 1 saturated heterocycles. The van der Waals surface area contributed by atoms with E-state index in [2.05, 4.69) is 24.1 Å². The van der Waals surface area contributed by atoms with Gasteiger partial charge in [0.2, 0.25) is 5.91 Å². The summed E-state index contributed by atoms with van der Waals surface area (Å²) >= 11 is 0. The minimum absolute atomic E-state index is 0.203. The lowest BCUT2D eigenvalue weighted by Crippen LogP contribution is -2.31. The minimum atomic E-state index is 0.203. The summed E-state index contributed by atoms with van der Waals surface area (Å²) in [6.07, 6.45) is 3.83. The standard InChI is InChI=1S/C14H29N3O/c1-3-17-9-7-13(11-17)10-16-14(18)5-4-12(2)6-8-15/h12-13H,3-11,15H2,1-2H3,(H,16,18). The Balaban J connectivity index is 2.06. The number of amides is 1. The fourth-order valence-corrected chi connectivity index (χ4v) is 2.52. The van der Waals surface area contributed by atoms with Crippen LogP contribution in [-0.2, 0) is 4.79 Å². The third-order valence-corrected chi connectivity index (χ3v) is 3.93. The summed E-state index contributed by atoms with van der Waals surface area (Å²) in [6.45, 7) is 9.38. The normalized spacial score (nSPS) is 22.1. The Morgan fingerprint density at radius 1 is 1.50 bits per heavy atom. The first-order valence-corrected chi connectivity index (χ1v) is 7.34. The van der Waals surface area contributed by atoms with Crippen molar-refractivity contribution in [2.24, 2.45) is 17.6 Å². The maximum atomic E-state index is 11.7. The summed E-state index contributed by atoms with van der Waals surface area (Å²) < 4.78 is 0. The Morgan fingerprint density at radius 2 is 2.28 bits per heavy atom. The second-order valence-corrected chi connectivity index (χ2v) is 5.57. The van der Waals surface area contributed by atoms with Crippen LogP contribution in [-0.4, -0.2) is 43.5 Å². The molecule has 3 N–H and O–H groups in total. The van der Waals surface area contributed by atoms with Gasteiger partial charge in [-0.25, -0.2) is 0 Å². The van der Waals surface area contributed by atoms with Crippen LogP contribution in [0.4, 0.5) is 0 Å². The summed E-state index contributed by atoms with van der Waals surface area (Å²) in [6, 6.07) is 0. The van der Waals surface area contributed by atoms with Crippen LogP contribution < -0.4 is 11.1 Å². The second kappa shape index (κ2) is 8.48. The van der Waals surface area contributed by atoms with E-state index in [1.54, 1.807) is 0 Å². The molecular formula is C14H29N3O. The van der Waals surface area contributed by atoms with Crippen LogP contribution in [0, 0.1) is 11.8 Å². The molecule has 0 aromatic heterocycles. The highest BCUT2D eigenvalue weighted by atomic mass is 16.1. The number of carbonyl (C=O) groups excluding carboxylic acids is 1. The molecule has 4 nitrogen and oxygen atoms in total. The highest BCUT2D eigenvalue weighted by Gasteiger charge is 2.21. The van der Waals surface area contributed by atoms with Gasteiger partial charge in [0.1, 0.15) is 0 Å². The van der Waals surface area contributed by atoms with Gasteiger partial charge in [-0.05, 0) is 50.7 Å². The second-order valence-electron chi connectivity index (χ2n) is 5.57. The third-order valence-electron chi connectivity index (χ3n) is 3.93. The van der Waals surface area contributed by atoms with E-state index in [1.807, 2.05) is 0 Å². The molecule has 0 aromatic carbocycles. The maximum absolute atomic E-state index is 11.7. The SMILES string of the molecule is CCN1CCC(CNC(=O)CCC(C)CCN)C1. The molecule has 1 aliphatic rings.